The van der Waals surface area contributed by atoms with Gasteiger partial charge in [-0.2, -0.15) is 123 Å². The summed E-state index contributed by atoms with van der Waals surface area (Å²) in [5.74, 6) is -59.5. The quantitative estimate of drug-likeness (QED) is 0.157. The molecule has 8 bridgehead atoms. The summed E-state index contributed by atoms with van der Waals surface area (Å²) in [6.45, 7) is 0. The number of nitrogens with one attached hydrogen (secondary N) is 1. The summed E-state index contributed by atoms with van der Waals surface area (Å²) < 4.78 is 410. The first kappa shape index (κ1) is 53.4. The molecule has 4 nitrogen and oxygen atoms in total. The van der Waals surface area contributed by atoms with Gasteiger partial charge in [0.25, 0.3) is 0 Å². The molecule has 0 amide bonds. The Balaban J connectivity index is 0.00000925. The van der Waals surface area contributed by atoms with Crippen LogP contribution in [-0.2, 0) is 56.5 Å². The van der Waals surface area contributed by atoms with Gasteiger partial charge >= 0.3 is 72.2 Å². The van der Waals surface area contributed by atoms with Crippen LogP contribution in [0.4, 0.5) is 123 Å². The van der Waals surface area contributed by atoms with Gasteiger partial charge in [-0.1, -0.05) is 0 Å². The summed E-state index contributed by atoms with van der Waals surface area (Å²) in [6.07, 6.45) is -33.2. The van der Waals surface area contributed by atoms with E-state index in [1.54, 1.807) is 0 Å². The molecule has 65 heavy (non-hydrogen) atoms. The molecule has 33 heteroatoms. The van der Waals surface area contributed by atoms with Gasteiger partial charge in [-0.05, 0) is 54.6 Å². The maximum atomic E-state index is 16.2. The molecule has 0 saturated carbocycles. The van der Waals surface area contributed by atoms with Gasteiger partial charge in [0.1, 0.15) is 0 Å². The zero-order valence-electron chi connectivity index (χ0n) is 29.7. The van der Waals surface area contributed by atoms with Crippen LogP contribution < -0.4 is 0 Å². The first-order valence-corrected chi connectivity index (χ1v) is 15.8. The normalized spacial score (nSPS) is 15.4. The zero-order valence-corrected chi connectivity index (χ0v) is 32.5. The third-order valence-corrected chi connectivity index (χ3v) is 8.88. The molecule has 357 valence electrons. The van der Waals surface area contributed by atoms with E-state index in [-0.39, 0.29) is 50.4 Å². The van der Waals surface area contributed by atoms with Crippen LogP contribution in [0.3, 0.4) is 0 Å². The minimum absolute atomic E-state index is 0. The Morgan fingerprint density at radius 3 is 1.12 bits per heavy atom. The molecule has 1 radical (unpaired) electrons. The molecule has 3 aromatic heterocycles. The van der Waals surface area contributed by atoms with Crippen LogP contribution in [0, 0.1) is 0 Å². The number of hydrogen-bond acceptors (Lipinski definition) is 2. The molecule has 0 unspecified atom stereocenters. The number of aromatic amines is 1. The van der Waals surface area contributed by atoms with Gasteiger partial charge in [0.2, 0.25) is 0 Å². The number of hydrogen-bond donors (Lipinski definition) is 1. The Morgan fingerprint density at radius 2 is 0.723 bits per heavy atom. The predicted octanol–water partition coefficient (Wildman–Crippen LogP) is 13.7. The van der Waals surface area contributed by atoms with Crippen molar-refractivity contribution in [2.75, 3.05) is 0 Å². The second kappa shape index (κ2) is 15.4. The molecule has 0 aliphatic carbocycles. The van der Waals surface area contributed by atoms with Crippen molar-refractivity contribution >= 4 is 46.4 Å². The SMILES string of the molecule is FC(F)(F)C(F)(F)C(F)(F)c1c(C(F)(F)C(F)(F)C(F)(F)F)c2c(C(F)(F)C(F)(F)C(F)(F)F)c3nc(cc4ccc(cc5nc(cc1n2C(F)(F)C(F)(F)C(F)(F)F)C=C5)[nH]4)C=C3.[Y]. The number of H-pyrrole nitrogens is 1. The van der Waals surface area contributed by atoms with Crippen molar-refractivity contribution in [2.45, 2.75) is 72.2 Å². The van der Waals surface area contributed by atoms with Crippen molar-refractivity contribution in [1.82, 2.24) is 19.5 Å². The summed E-state index contributed by atoms with van der Waals surface area (Å²) in [7, 11) is 0. The molecule has 0 saturated heterocycles. The van der Waals surface area contributed by atoms with Crippen LogP contribution in [0.15, 0.2) is 30.3 Å². The monoisotopic (exact) mass is 1070 g/mol. The summed E-state index contributed by atoms with van der Waals surface area (Å²) in [6, 6.07) is -6.92. The standard InChI is InChI=1S/C32H10F28N4.Y/c33-21(34,24(39,40)28(47,48)49)17-15-6-5-13(63-15)8-12-2-1-10(61-12)7-11-3-4-14(62-11)9-16-18(22(35,36)25(41,42)29(50,51)52)19(23(37,38)26(43,44)30(53,54)55)20(17)64(16)32(59,60)27(45,46)31(56,57)58;/h1-9,61H;. The van der Waals surface area contributed by atoms with Gasteiger partial charge in [0.05, 0.1) is 50.5 Å². The number of fused-ring (bicyclic) bond motifs is 8. The molecule has 2 aliphatic heterocycles. The van der Waals surface area contributed by atoms with Crippen LogP contribution in [0.1, 0.15) is 39.5 Å². The molecular formula is C32H10F28N4Y. The number of halogens is 28. The number of nitrogens with zero attached hydrogens (tertiary/aromatic N) is 3. The fraction of sp³-hybridized carbons (Fsp3) is 0.375. The Hall–Kier alpha value is -4.26. The third-order valence-electron chi connectivity index (χ3n) is 8.88. The van der Waals surface area contributed by atoms with E-state index in [2.05, 4.69) is 15.0 Å². The van der Waals surface area contributed by atoms with Crippen molar-refractivity contribution < 1.29 is 156 Å². The first-order chi connectivity index (χ1) is 28.3. The Labute approximate surface area is 362 Å². The fourth-order valence-electron chi connectivity index (χ4n) is 5.84. The van der Waals surface area contributed by atoms with Crippen LogP contribution in [-0.4, -0.2) is 67.9 Å². The fourth-order valence-corrected chi connectivity index (χ4v) is 5.84. The van der Waals surface area contributed by atoms with Crippen LogP contribution in [0.2, 0.25) is 0 Å². The molecule has 5 rings (SSSR count). The number of alkyl halides is 28. The number of aromatic nitrogens is 4. The van der Waals surface area contributed by atoms with Crippen LogP contribution in [0.5, 0.6) is 0 Å². The summed E-state index contributed by atoms with van der Waals surface area (Å²) in [4.78, 5) is 8.30. The van der Waals surface area contributed by atoms with Crippen molar-refractivity contribution in [3.05, 3.63) is 69.8 Å². The maximum Gasteiger partial charge on any atom is 0.462 e. The van der Waals surface area contributed by atoms with Gasteiger partial charge in [-0.3, -0.25) is 4.57 Å². The third kappa shape index (κ3) is 7.91. The maximum absolute atomic E-state index is 16.2. The molecule has 3 aromatic rings. The van der Waals surface area contributed by atoms with Crippen LogP contribution >= 0.6 is 0 Å². The molecule has 5 heterocycles. The average Bonchev–Trinajstić information content (AvgIpc) is 3.90. The van der Waals surface area contributed by atoms with E-state index in [4.69, 9.17) is 0 Å². The Kier molecular flexibility index (Phi) is 12.6. The van der Waals surface area contributed by atoms with E-state index >= 15 is 35.1 Å². The van der Waals surface area contributed by atoms with Crippen molar-refractivity contribution in [1.29, 1.82) is 0 Å². The minimum Gasteiger partial charge on any atom is -0.355 e. The van der Waals surface area contributed by atoms with E-state index in [1.807, 2.05) is 0 Å². The smallest absolute Gasteiger partial charge is 0.355 e. The van der Waals surface area contributed by atoms with E-state index in [0.29, 0.717) is 18.2 Å². The zero-order chi connectivity index (χ0) is 49.4. The van der Waals surface area contributed by atoms with Gasteiger partial charge < -0.3 is 4.98 Å². The molecule has 0 atom stereocenters. The van der Waals surface area contributed by atoms with Gasteiger partial charge in [-0.15, -0.1) is 0 Å². The molecular weight excluding hydrogens is 1060 g/mol. The van der Waals surface area contributed by atoms with E-state index in [0.717, 1.165) is 12.1 Å². The average molecular weight is 1070 g/mol. The molecule has 2 aliphatic rings. The Morgan fingerprint density at radius 1 is 0.385 bits per heavy atom. The van der Waals surface area contributed by atoms with Crippen molar-refractivity contribution in [3.8, 4) is 0 Å². The second-order valence-electron chi connectivity index (χ2n) is 13.1. The first-order valence-electron chi connectivity index (χ1n) is 15.8. The minimum atomic E-state index is -8.73. The van der Waals surface area contributed by atoms with Gasteiger partial charge in [-0.25, -0.2) is 9.97 Å². The molecule has 1 N–H and O–H groups in total. The van der Waals surface area contributed by atoms with Crippen molar-refractivity contribution in [3.63, 3.8) is 0 Å². The van der Waals surface area contributed by atoms with Crippen molar-refractivity contribution in [2.24, 2.45) is 0 Å². The van der Waals surface area contributed by atoms with Gasteiger partial charge in [0, 0.05) is 43.7 Å². The topological polar surface area (TPSA) is 46.5 Å². The summed E-state index contributed by atoms with van der Waals surface area (Å²) in [5.41, 5.74) is -32.5. The summed E-state index contributed by atoms with van der Waals surface area (Å²) >= 11 is 0. The van der Waals surface area contributed by atoms with E-state index in [1.165, 1.54) is 0 Å². The summed E-state index contributed by atoms with van der Waals surface area (Å²) in [5, 5.41) is 0. The molecule has 0 fully saturated rings. The predicted molar refractivity (Wildman–Crippen MR) is 158 cm³/mol. The number of rotatable bonds is 8. The second-order valence-corrected chi connectivity index (χ2v) is 13.1. The van der Waals surface area contributed by atoms with E-state index in [9.17, 15) is 87.8 Å². The largest absolute Gasteiger partial charge is 0.462 e. The van der Waals surface area contributed by atoms with E-state index < -0.39 is 145 Å². The van der Waals surface area contributed by atoms with Gasteiger partial charge in [0.15, 0.2) is 0 Å². The van der Waals surface area contributed by atoms with Crippen LogP contribution in [0.25, 0.3) is 46.4 Å². The Bertz CT molecular complexity index is 2580. The molecule has 0 spiro atoms. The molecule has 0 aromatic carbocycles.